The van der Waals surface area contributed by atoms with Gasteiger partial charge in [0.05, 0.1) is 6.26 Å². The molecule has 1 atom stereocenters. The van der Waals surface area contributed by atoms with Gasteiger partial charge in [0.25, 0.3) is 0 Å². The van der Waals surface area contributed by atoms with Crippen molar-refractivity contribution in [2.45, 2.75) is 12.7 Å². The summed E-state index contributed by atoms with van der Waals surface area (Å²) in [6.45, 7) is 0. The maximum atomic E-state index is 4.90. The molecule has 2 nitrogen and oxygen atoms in total. The Bertz CT molecular complexity index is 70.1. The number of hydrogen-bond donors (Lipinski definition) is 0. The highest BCUT2D eigenvalue weighted by atomic mass is 16.7. The molecule has 0 aromatic rings. The van der Waals surface area contributed by atoms with Crippen LogP contribution < -0.4 is 0 Å². The van der Waals surface area contributed by atoms with Gasteiger partial charge in [0.1, 0.15) is 0 Å². The van der Waals surface area contributed by atoms with E-state index in [0.717, 1.165) is 6.42 Å². The van der Waals surface area contributed by atoms with Gasteiger partial charge < -0.3 is 9.47 Å². The third-order valence-electron chi connectivity index (χ3n) is 0.918. The lowest BCUT2D eigenvalue weighted by molar-refractivity contribution is -0.0660. The summed E-state index contributed by atoms with van der Waals surface area (Å²) in [5, 5.41) is 0. The van der Waals surface area contributed by atoms with Gasteiger partial charge in [-0.1, -0.05) is 0 Å². The summed E-state index contributed by atoms with van der Waals surface area (Å²) in [6, 6.07) is 0. The first-order valence-electron chi connectivity index (χ1n) is 2.27. The van der Waals surface area contributed by atoms with Gasteiger partial charge in [0.2, 0.25) is 6.29 Å². The fraction of sp³-hybridized carbons (Fsp3) is 0.600. The van der Waals surface area contributed by atoms with Crippen LogP contribution in [0.4, 0.5) is 0 Å². The molecule has 0 aromatic heterocycles. The van der Waals surface area contributed by atoms with E-state index in [9.17, 15) is 0 Å². The second kappa shape index (κ2) is 1.98. The molecule has 1 heterocycles. The maximum Gasteiger partial charge on any atom is 0.202 e. The molecule has 0 radical (unpaired) electrons. The van der Waals surface area contributed by atoms with E-state index in [4.69, 9.17) is 9.47 Å². The number of hydrogen-bond acceptors (Lipinski definition) is 2. The predicted octanol–water partition coefficient (Wildman–Crippen LogP) is 0.893. The fourth-order valence-corrected chi connectivity index (χ4v) is 0.517. The van der Waals surface area contributed by atoms with Gasteiger partial charge in [-0.15, -0.1) is 0 Å². The minimum atomic E-state index is -0.0139. The zero-order valence-electron chi connectivity index (χ0n) is 4.26. The highest BCUT2D eigenvalue weighted by molar-refractivity contribution is 4.81. The Balaban J connectivity index is 2.22. The van der Waals surface area contributed by atoms with Crippen molar-refractivity contribution in [1.29, 1.82) is 0 Å². The van der Waals surface area contributed by atoms with Crippen molar-refractivity contribution < 1.29 is 9.47 Å². The van der Waals surface area contributed by atoms with Crippen molar-refractivity contribution in [2.75, 3.05) is 7.11 Å². The molecule has 1 rings (SSSR count). The van der Waals surface area contributed by atoms with Crippen molar-refractivity contribution in [3.05, 3.63) is 12.3 Å². The van der Waals surface area contributed by atoms with Gasteiger partial charge in [-0.05, 0) is 6.08 Å². The smallest absolute Gasteiger partial charge is 0.202 e. The maximum absolute atomic E-state index is 4.90. The van der Waals surface area contributed by atoms with E-state index in [-0.39, 0.29) is 6.29 Å². The topological polar surface area (TPSA) is 18.5 Å². The van der Waals surface area contributed by atoms with Crippen LogP contribution in [0, 0.1) is 0 Å². The molecule has 0 spiro atoms. The quantitative estimate of drug-likeness (QED) is 0.487. The number of rotatable bonds is 1. The summed E-state index contributed by atoms with van der Waals surface area (Å²) in [5.74, 6) is 0. The van der Waals surface area contributed by atoms with E-state index < -0.39 is 0 Å². The SMILES string of the molecule is COC1CC=CO1. The fourth-order valence-electron chi connectivity index (χ4n) is 0.517. The lowest BCUT2D eigenvalue weighted by Crippen LogP contribution is -2.05. The van der Waals surface area contributed by atoms with Crippen LogP contribution in [0.15, 0.2) is 12.3 Å². The first-order chi connectivity index (χ1) is 3.43. The van der Waals surface area contributed by atoms with Crippen LogP contribution in [0.1, 0.15) is 6.42 Å². The lowest BCUT2D eigenvalue weighted by Gasteiger charge is -2.04. The van der Waals surface area contributed by atoms with Crippen LogP contribution in [0.5, 0.6) is 0 Å². The molecular weight excluding hydrogens is 92.1 g/mol. The monoisotopic (exact) mass is 100 g/mol. The van der Waals surface area contributed by atoms with Crippen molar-refractivity contribution in [1.82, 2.24) is 0 Å². The molecule has 40 valence electrons. The minimum Gasteiger partial charge on any atom is -0.473 e. The molecule has 0 saturated carbocycles. The van der Waals surface area contributed by atoms with E-state index in [1.165, 1.54) is 0 Å². The van der Waals surface area contributed by atoms with Gasteiger partial charge in [-0.25, -0.2) is 0 Å². The molecule has 0 aromatic carbocycles. The number of ether oxygens (including phenoxy) is 2. The Kier molecular flexibility index (Phi) is 1.32. The van der Waals surface area contributed by atoms with E-state index in [1.54, 1.807) is 13.4 Å². The summed E-state index contributed by atoms with van der Waals surface area (Å²) in [4.78, 5) is 0. The van der Waals surface area contributed by atoms with E-state index in [2.05, 4.69) is 0 Å². The zero-order chi connectivity index (χ0) is 5.11. The molecule has 1 aliphatic heterocycles. The van der Waals surface area contributed by atoms with Crippen molar-refractivity contribution in [3.8, 4) is 0 Å². The second-order valence-electron chi connectivity index (χ2n) is 1.41. The average molecular weight is 100 g/mol. The first-order valence-corrected chi connectivity index (χ1v) is 2.27. The van der Waals surface area contributed by atoms with E-state index in [1.807, 2.05) is 6.08 Å². The van der Waals surface area contributed by atoms with Crippen LogP contribution >= 0.6 is 0 Å². The highest BCUT2D eigenvalue weighted by Crippen LogP contribution is 2.07. The Labute approximate surface area is 42.7 Å². The molecule has 1 aliphatic rings. The molecule has 0 N–H and O–H groups in total. The summed E-state index contributed by atoms with van der Waals surface area (Å²) in [5.41, 5.74) is 0. The zero-order valence-corrected chi connectivity index (χ0v) is 4.26. The Morgan fingerprint density at radius 1 is 1.86 bits per heavy atom. The molecule has 0 fully saturated rings. The summed E-state index contributed by atoms with van der Waals surface area (Å²) in [6.07, 6.45) is 4.47. The summed E-state index contributed by atoms with van der Waals surface area (Å²) < 4.78 is 9.73. The minimum absolute atomic E-state index is 0.0139. The summed E-state index contributed by atoms with van der Waals surface area (Å²) >= 11 is 0. The van der Waals surface area contributed by atoms with Crippen LogP contribution in [0.2, 0.25) is 0 Å². The Morgan fingerprint density at radius 3 is 3.00 bits per heavy atom. The predicted molar refractivity (Wildman–Crippen MR) is 25.6 cm³/mol. The van der Waals surface area contributed by atoms with E-state index in [0.29, 0.717) is 0 Å². The van der Waals surface area contributed by atoms with Crippen molar-refractivity contribution >= 4 is 0 Å². The van der Waals surface area contributed by atoms with Crippen LogP contribution in [-0.2, 0) is 9.47 Å². The Morgan fingerprint density at radius 2 is 2.71 bits per heavy atom. The van der Waals surface area contributed by atoms with Crippen molar-refractivity contribution in [3.63, 3.8) is 0 Å². The molecule has 0 bridgehead atoms. The Hall–Kier alpha value is -0.500. The molecular formula is C5H8O2. The first kappa shape index (κ1) is 4.65. The molecule has 0 amide bonds. The molecule has 0 saturated heterocycles. The van der Waals surface area contributed by atoms with Crippen LogP contribution in [-0.4, -0.2) is 13.4 Å². The highest BCUT2D eigenvalue weighted by Gasteiger charge is 2.06. The largest absolute Gasteiger partial charge is 0.473 e. The van der Waals surface area contributed by atoms with Gasteiger partial charge >= 0.3 is 0 Å². The molecule has 7 heavy (non-hydrogen) atoms. The van der Waals surface area contributed by atoms with Crippen LogP contribution in [0.25, 0.3) is 0 Å². The molecule has 1 unspecified atom stereocenters. The normalized spacial score (nSPS) is 27.9. The lowest BCUT2D eigenvalue weighted by atomic mass is 10.4. The third-order valence-corrected chi connectivity index (χ3v) is 0.918. The average Bonchev–Trinajstić information content (AvgIpc) is 2.14. The standard InChI is InChI=1S/C5H8O2/c1-6-5-3-2-4-7-5/h2,4-5H,3H2,1H3. The molecule has 2 heteroatoms. The third kappa shape index (κ3) is 0.933. The van der Waals surface area contributed by atoms with Crippen molar-refractivity contribution in [2.24, 2.45) is 0 Å². The van der Waals surface area contributed by atoms with Crippen LogP contribution in [0.3, 0.4) is 0 Å². The molecule has 0 aliphatic carbocycles. The van der Waals surface area contributed by atoms with Gasteiger partial charge in [0.15, 0.2) is 0 Å². The van der Waals surface area contributed by atoms with Gasteiger partial charge in [-0.2, -0.15) is 0 Å². The van der Waals surface area contributed by atoms with E-state index >= 15 is 0 Å². The van der Waals surface area contributed by atoms with Gasteiger partial charge in [0, 0.05) is 13.5 Å². The number of methoxy groups -OCH3 is 1. The summed E-state index contributed by atoms with van der Waals surface area (Å²) in [7, 11) is 1.64. The van der Waals surface area contributed by atoms with Gasteiger partial charge in [-0.3, -0.25) is 0 Å². The second-order valence-corrected chi connectivity index (χ2v) is 1.41.